The summed E-state index contributed by atoms with van der Waals surface area (Å²) in [6.07, 6.45) is 7.17. The first-order chi connectivity index (χ1) is 10.4. The van der Waals surface area contributed by atoms with Crippen LogP contribution in [0, 0.1) is 5.82 Å². The highest BCUT2D eigenvalue weighted by atomic mass is 32.2. The molecule has 0 fully saturated rings. The molecule has 0 spiro atoms. The lowest BCUT2D eigenvalue weighted by Gasteiger charge is -2.00. The maximum atomic E-state index is 13.2. The first-order valence-corrected chi connectivity index (χ1v) is 8.96. The molecular weight excluding hydrogens is 305 g/mol. The molecule has 0 saturated heterocycles. The summed E-state index contributed by atoms with van der Waals surface area (Å²) in [6.45, 7) is 0.546. The Hall–Kier alpha value is -2.15. The van der Waals surface area contributed by atoms with Gasteiger partial charge in [0.2, 0.25) is 0 Å². The molecule has 1 aromatic carbocycles. The summed E-state index contributed by atoms with van der Waals surface area (Å²) in [5.74, 6) is -0.133. The second-order valence-electron chi connectivity index (χ2n) is 5.37. The molecule has 0 bridgehead atoms. The van der Waals surface area contributed by atoms with Crippen molar-refractivity contribution in [3.8, 4) is 11.1 Å². The molecule has 0 radical (unpaired) electrons. The number of halogens is 1. The van der Waals surface area contributed by atoms with E-state index >= 15 is 0 Å². The number of hydrogen-bond acceptors (Lipinski definition) is 3. The Morgan fingerprint density at radius 1 is 1.36 bits per heavy atom. The van der Waals surface area contributed by atoms with E-state index in [2.05, 4.69) is 10.1 Å². The number of hydrogen-bond donors (Lipinski definition) is 1. The van der Waals surface area contributed by atoms with Crippen LogP contribution in [-0.4, -0.2) is 35.2 Å². The normalized spacial score (nSPS) is 12.1. The van der Waals surface area contributed by atoms with Crippen LogP contribution in [0.1, 0.15) is 6.42 Å². The molecule has 2 heterocycles. The van der Waals surface area contributed by atoms with Crippen molar-refractivity contribution in [1.82, 2.24) is 14.8 Å². The van der Waals surface area contributed by atoms with Gasteiger partial charge in [0.25, 0.3) is 0 Å². The molecule has 0 aliphatic carbocycles. The lowest BCUT2D eigenvalue weighted by atomic mass is 10.1. The lowest BCUT2D eigenvalue weighted by molar-refractivity contribution is 0.576. The molecule has 0 amide bonds. The van der Waals surface area contributed by atoms with E-state index in [4.69, 9.17) is 0 Å². The minimum Gasteiger partial charge on any atom is -0.360 e. The number of nitrogens with zero attached hydrogens (tertiary/aromatic N) is 2. The highest BCUT2D eigenvalue weighted by molar-refractivity contribution is 7.90. The summed E-state index contributed by atoms with van der Waals surface area (Å²) in [5, 5.41) is 5.18. The number of fused-ring (bicyclic) bond motifs is 1. The van der Waals surface area contributed by atoms with E-state index in [1.165, 1.54) is 18.4 Å². The smallest absolute Gasteiger partial charge is 0.147 e. The van der Waals surface area contributed by atoms with Gasteiger partial charge >= 0.3 is 0 Å². The van der Waals surface area contributed by atoms with Crippen LogP contribution in [0.2, 0.25) is 0 Å². The van der Waals surface area contributed by atoms with Gasteiger partial charge in [0.1, 0.15) is 15.7 Å². The molecule has 22 heavy (non-hydrogen) atoms. The molecule has 3 aromatic rings. The number of benzene rings is 1. The topological polar surface area (TPSA) is 67.8 Å². The largest absolute Gasteiger partial charge is 0.360 e. The van der Waals surface area contributed by atoms with E-state index in [1.807, 2.05) is 12.4 Å². The average Bonchev–Trinajstić information content (AvgIpc) is 3.03. The van der Waals surface area contributed by atoms with E-state index in [0.29, 0.717) is 13.0 Å². The van der Waals surface area contributed by atoms with Gasteiger partial charge in [-0.25, -0.2) is 12.8 Å². The van der Waals surface area contributed by atoms with Crippen molar-refractivity contribution < 1.29 is 12.8 Å². The van der Waals surface area contributed by atoms with Gasteiger partial charge in [0.15, 0.2) is 0 Å². The SMILES string of the molecule is CS(=O)(=O)CCCn1cc(-c2c[nH]c3cc(F)ccc23)cn1. The summed E-state index contributed by atoms with van der Waals surface area (Å²) < 4.78 is 37.2. The van der Waals surface area contributed by atoms with Crippen LogP contribution < -0.4 is 0 Å². The Morgan fingerprint density at radius 2 is 2.18 bits per heavy atom. The summed E-state index contributed by atoms with van der Waals surface area (Å²) >= 11 is 0. The Morgan fingerprint density at radius 3 is 2.95 bits per heavy atom. The third-order valence-electron chi connectivity index (χ3n) is 3.49. The molecule has 1 N–H and O–H groups in total. The Kier molecular flexibility index (Phi) is 3.74. The standard InChI is InChI=1S/C15H16FN3O2S/c1-22(20,21)6-2-5-19-10-11(8-18-19)14-9-17-15-7-12(16)3-4-13(14)15/h3-4,7-10,17H,2,5-6H2,1H3. The minimum atomic E-state index is -2.95. The monoisotopic (exact) mass is 321 g/mol. The average molecular weight is 321 g/mol. The molecule has 5 nitrogen and oxygen atoms in total. The molecule has 0 aliphatic rings. The molecule has 7 heteroatoms. The Balaban J connectivity index is 1.80. The van der Waals surface area contributed by atoms with E-state index < -0.39 is 9.84 Å². The summed E-state index contributed by atoms with van der Waals surface area (Å²) in [7, 11) is -2.95. The molecule has 116 valence electrons. The van der Waals surface area contributed by atoms with E-state index in [0.717, 1.165) is 22.0 Å². The number of H-pyrrole nitrogens is 1. The van der Waals surface area contributed by atoms with Gasteiger partial charge < -0.3 is 4.98 Å². The fraction of sp³-hybridized carbons (Fsp3) is 0.267. The first kappa shape index (κ1) is 14.8. The number of sulfone groups is 1. The van der Waals surface area contributed by atoms with Gasteiger partial charge in [-0.05, 0) is 24.6 Å². The van der Waals surface area contributed by atoms with Crippen molar-refractivity contribution in [3.63, 3.8) is 0 Å². The first-order valence-electron chi connectivity index (χ1n) is 6.89. The second-order valence-corrected chi connectivity index (χ2v) is 7.63. The van der Waals surface area contributed by atoms with Gasteiger partial charge in [0, 0.05) is 47.2 Å². The molecule has 0 atom stereocenters. The molecule has 0 saturated carbocycles. The third-order valence-corrected chi connectivity index (χ3v) is 4.52. The molecule has 2 aromatic heterocycles. The molecule has 3 rings (SSSR count). The number of aryl methyl sites for hydroxylation is 1. The van der Waals surface area contributed by atoms with Crippen LogP contribution in [0.3, 0.4) is 0 Å². The van der Waals surface area contributed by atoms with Gasteiger partial charge in [-0.2, -0.15) is 5.10 Å². The zero-order valence-corrected chi connectivity index (χ0v) is 12.9. The predicted octanol–water partition coefficient (Wildman–Crippen LogP) is 2.61. The zero-order chi connectivity index (χ0) is 15.7. The maximum Gasteiger partial charge on any atom is 0.147 e. The van der Waals surface area contributed by atoms with Gasteiger partial charge in [-0.1, -0.05) is 0 Å². The van der Waals surface area contributed by atoms with E-state index in [1.54, 1.807) is 16.9 Å². The minimum absolute atomic E-state index is 0.147. The van der Waals surface area contributed by atoms with Crippen LogP contribution in [-0.2, 0) is 16.4 Å². The van der Waals surface area contributed by atoms with Gasteiger partial charge in [0.05, 0.1) is 11.9 Å². The fourth-order valence-corrected chi connectivity index (χ4v) is 3.10. The zero-order valence-electron chi connectivity index (χ0n) is 12.1. The number of aromatic nitrogens is 3. The third kappa shape index (κ3) is 3.19. The van der Waals surface area contributed by atoms with Crippen LogP contribution in [0.25, 0.3) is 22.0 Å². The van der Waals surface area contributed by atoms with Crippen molar-refractivity contribution >= 4 is 20.7 Å². The van der Waals surface area contributed by atoms with Crippen molar-refractivity contribution in [2.45, 2.75) is 13.0 Å². The van der Waals surface area contributed by atoms with Gasteiger partial charge in [-0.15, -0.1) is 0 Å². The molecular formula is C15H16FN3O2S. The highest BCUT2D eigenvalue weighted by Gasteiger charge is 2.09. The number of aromatic amines is 1. The van der Waals surface area contributed by atoms with Crippen molar-refractivity contribution in [2.24, 2.45) is 0 Å². The maximum absolute atomic E-state index is 13.2. The van der Waals surface area contributed by atoms with Gasteiger partial charge in [-0.3, -0.25) is 4.68 Å². The van der Waals surface area contributed by atoms with Crippen molar-refractivity contribution in [3.05, 3.63) is 42.6 Å². The highest BCUT2D eigenvalue weighted by Crippen LogP contribution is 2.28. The fourth-order valence-electron chi connectivity index (χ4n) is 2.45. The summed E-state index contributed by atoms with van der Waals surface area (Å²) in [6, 6.07) is 4.61. The van der Waals surface area contributed by atoms with Crippen LogP contribution in [0.4, 0.5) is 4.39 Å². The molecule has 0 unspecified atom stereocenters. The van der Waals surface area contributed by atoms with E-state index in [9.17, 15) is 12.8 Å². The molecule has 0 aliphatic heterocycles. The van der Waals surface area contributed by atoms with Crippen LogP contribution in [0.15, 0.2) is 36.8 Å². The van der Waals surface area contributed by atoms with Crippen molar-refractivity contribution in [1.29, 1.82) is 0 Å². The second kappa shape index (κ2) is 5.57. The number of nitrogens with one attached hydrogen (secondary N) is 1. The Bertz CT molecular complexity index is 912. The van der Waals surface area contributed by atoms with Crippen LogP contribution in [0.5, 0.6) is 0 Å². The van der Waals surface area contributed by atoms with Crippen LogP contribution >= 0.6 is 0 Å². The van der Waals surface area contributed by atoms with Crippen molar-refractivity contribution in [2.75, 3.05) is 12.0 Å². The predicted molar refractivity (Wildman–Crippen MR) is 83.8 cm³/mol. The summed E-state index contributed by atoms with van der Waals surface area (Å²) in [4.78, 5) is 3.04. The van der Waals surface area contributed by atoms with E-state index in [-0.39, 0.29) is 11.6 Å². The number of rotatable bonds is 5. The summed E-state index contributed by atoms with van der Waals surface area (Å²) in [5.41, 5.74) is 2.60. The lowest BCUT2D eigenvalue weighted by Crippen LogP contribution is -2.07. The Labute approximate surface area is 127 Å². The quantitative estimate of drug-likeness (QED) is 0.785.